The van der Waals surface area contributed by atoms with Gasteiger partial charge in [0.25, 0.3) is 0 Å². The largest absolute Gasteiger partial charge is 0.494 e. The van der Waals surface area contributed by atoms with Crippen LogP contribution in [0.4, 0.5) is 5.13 Å². The van der Waals surface area contributed by atoms with Crippen LogP contribution < -0.4 is 10.1 Å². The van der Waals surface area contributed by atoms with Crippen molar-refractivity contribution in [2.45, 2.75) is 45.4 Å². The quantitative estimate of drug-likeness (QED) is 0.683. The van der Waals surface area contributed by atoms with E-state index in [4.69, 9.17) is 9.84 Å². The van der Waals surface area contributed by atoms with Crippen molar-refractivity contribution < 1.29 is 19.4 Å². The molecule has 2 rings (SSSR count). The Morgan fingerprint density at radius 3 is 2.54 bits per heavy atom. The predicted molar refractivity (Wildman–Crippen MR) is 102 cm³/mol. The summed E-state index contributed by atoms with van der Waals surface area (Å²) in [6, 6.07) is 8.00. The summed E-state index contributed by atoms with van der Waals surface area (Å²) in [4.78, 5) is 26.6. The summed E-state index contributed by atoms with van der Waals surface area (Å²) >= 11 is 1.22. The molecule has 2 N–H and O–H groups in total. The van der Waals surface area contributed by atoms with Crippen LogP contribution in [0.25, 0.3) is 0 Å². The van der Waals surface area contributed by atoms with Gasteiger partial charge in [0.15, 0.2) is 5.13 Å². The van der Waals surface area contributed by atoms with Crippen molar-refractivity contribution in [1.82, 2.24) is 4.98 Å². The first-order chi connectivity index (χ1) is 12.2. The maximum atomic E-state index is 11.9. The highest BCUT2D eigenvalue weighted by atomic mass is 32.1. The number of rotatable bonds is 8. The summed E-state index contributed by atoms with van der Waals surface area (Å²) in [5, 5.41) is 13.4. The second kappa shape index (κ2) is 8.80. The Morgan fingerprint density at radius 2 is 1.92 bits per heavy atom. The number of thiazole rings is 1. The van der Waals surface area contributed by atoms with Gasteiger partial charge in [-0.05, 0) is 29.5 Å². The van der Waals surface area contributed by atoms with E-state index in [-0.39, 0.29) is 17.7 Å². The van der Waals surface area contributed by atoms with Crippen molar-refractivity contribution in [3.05, 3.63) is 40.9 Å². The average molecular weight is 376 g/mol. The monoisotopic (exact) mass is 376 g/mol. The number of aliphatic carboxylic acids is 1. The van der Waals surface area contributed by atoms with Crippen LogP contribution >= 0.6 is 11.3 Å². The fourth-order valence-corrected chi connectivity index (χ4v) is 2.98. The molecule has 2 aromatic rings. The molecule has 7 heteroatoms. The van der Waals surface area contributed by atoms with Crippen LogP contribution in [0.3, 0.4) is 0 Å². The van der Waals surface area contributed by atoms with E-state index in [2.05, 4.69) is 43.2 Å². The van der Waals surface area contributed by atoms with Gasteiger partial charge in [-0.1, -0.05) is 32.9 Å². The van der Waals surface area contributed by atoms with E-state index < -0.39 is 5.97 Å². The van der Waals surface area contributed by atoms with E-state index >= 15 is 0 Å². The second-order valence-electron chi connectivity index (χ2n) is 6.99. The second-order valence-corrected chi connectivity index (χ2v) is 7.85. The van der Waals surface area contributed by atoms with E-state index in [0.29, 0.717) is 30.3 Å². The van der Waals surface area contributed by atoms with E-state index in [1.165, 1.54) is 16.9 Å². The Bertz CT molecular complexity index is 748. The fraction of sp³-hybridized carbons (Fsp3) is 0.421. The lowest BCUT2D eigenvalue weighted by Crippen LogP contribution is -2.13. The minimum atomic E-state index is -0.944. The van der Waals surface area contributed by atoms with Crippen molar-refractivity contribution >= 4 is 28.3 Å². The topological polar surface area (TPSA) is 88.5 Å². The van der Waals surface area contributed by atoms with Gasteiger partial charge in [-0.2, -0.15) is 0 Å². The highest BCUT2D eigenvalue weighted by molar-refractivity contribution is 7.13. The predicted octanol–water partition coefficient (Wildman–Crippen LogP) is 3.87. The van der Waals surface area contributed by atoms with Gasteiger partial charge in [-0.3, -0.25) is 9.59 Å². The van der Waals surface area contributed by atoms with Gasteiger partial charge >= 0.3 is 5.97 Å². The molecule has 0 atom stereocenters. The van der Waals surface area contributed by atoms with Crippen LogP contribution in [0.1, 0.15) is 44.9 Å². The van der Waals surface area contributed by atoms with Crippen LogP contribution in [0.5, 0.6) is 5.75 Å². The molecule has 0 spiro atoms. The Labute approximate surface area is 157 Å². The van der Waals surface area contributed by atoms with Gasteiger partial charge in [-0.15, -0.1) is 11.3 Å². The molecule has 0 bridgehead atoms. The van der Waals surface area contributed by atoms with Gasteiger partial charge in [0.1, 0.15) is 5.75 Å². The number of anilines is 1. The van der Waals surface area contributed by atoms with Crippen molar-refractivity contribution in [2.24, 2.45) is 0 Å². The molecule has 6 nitrogen and oxygen atoms in total. The number of hydrogen-bond acceptors (Lipinski definition) is 5. The van der Waals surface area contributed by atoms with Crippen LogP contribution in [-0.2, 0) is 21.4 Å². The first-order valence-corrected chi connectivity index (χ1v) is 9.31. The number of nitrogens with one attached hydrogen (secondary N) is 1. The first kappa shape index (κ1) is 19.9. The summed E-state index contributed by atoms with van der Waals surface area (Å²) in [6.45, 7) is 6.93. The number of carboxylic acids is 1. The number of hydrogen-bond donors (Lipinski definition) is 2. The number of carboxylic acid groups (broad SMARTS) is 1. The van der Waals surface area contributed by atoms with Gasteiger partial charge in [0, 0.05) is 11.8 Å². The van der Waals surface area contributed by atoms with Crippen molar-refractivity contribution in [3.63, 3.8) is 0 Å². The number of benzene rings is 1. The van der Waals surface area contributed by atoms with Gasteiger partial charge in [-0.25, -0.2) is 4.98 Å². The number of nitrogens with zero attached hydrogens (tertiary/aromatic N) is 1. The van der Waals surface area contributed by atoms with Crippen molar-refractivity contribution in [3.8, 4) is 5.75 Å². The Kier molecular flexibility index (Phi) is 6.74. The third-order valence-electron chi connectivity index (χ3n) is 3.67. The average Bonchev–Trinajstić information content (AvgIpc) is 2.97. The van der Waals surface area contributed by atoms with E-state index in [1.54, 1.807) is 5.38 Å². The third kappa shape index (κ3) is 6.48. The Balaban J connectivity index is 1.70. The van der Waals surface area contributed by atoms with E-state index in [1.807, 2.05) is 12.1 Å². The van der Waals surface area contributed by atoms with Crippen LogP contribution in [0.15, 0.2) is 29.6 Å². The lowest BCUT2D eigenvalue weighted by molar-refractivity contribution is -0.136. The van der Waals surface area contributed by atoms with Crippen molar-refractivity contribution in [2.75, 3.05) is 11.9 Å². The molecule has 140 valence electrons. The van der Waals surface area contributed by atoms with Gasteiger partial charge < -0.3 is 15.2 Å². The molecule has 0 unspecified atom stereocenters. The standard InChI is InChI=1S/C19H24N2O4S/c1-19(2,3)13-6-8-15(9-7-13)25-10-4-5-16(22)21-18-20-14(12-26-18)11-17(23)24/h6-9,12H,4-5,10-11H2,1-3H3,(H,23,24)(H,20,21,22). The smallest absolute Gasteiger partial charge is 0.309 e. The molecule has 0 aliphatic rings. The zero-order chi connectivity index (χ0) is 19.2. The summed E-state index contributed by atoms with van der Waals surface area (Å²) < 4.78 is 5.66. The summed E-state index contributed by atoms with van der Waals surface area (Å²) in [6.07, 6.45) is 0.752. The van der Waals surface area contributed by atoms with Crippen LogP contribution in [-0.4, -0.2) is 28.6 Å². The van der Waals surface area contributed by atoms with Gasteiger partial charge in [0.2, 0.25) is 5.91 Å². The molecule has 1 heterocycles. The lowest BCUT2D eigenvalue weighted by Gasteiger charge is -2.19. The zero-order valence-corrected chi connectivity index (χ0v) is 16.1. The Hall–Kier alpha value is -2.41. The lowest BCUT2D eigenvalue weighted by atomic mass is 9.87. The molecule has 0 radical (unpaired) electrons. The minimum absolute atomic E-state index is 0.108. The zero-order valence-electron chi connectivity index (χ0n) is 15.2. The van der Waals surface area contributed by atoms with Crippen molar-refractivity contribution in [1.29, 1.82) is 0 Å². The molecule has 0 aliphatic heterocycles. The third-order valence-corrected chi connectivity index (χ3v) is 4.47. The number of ether oxygens (including phenoxy) is 1. The number of carbonyl (C=O) groups is 2. The van der Waals surface area contributed by atoms with Crippen LogP contribution in [0.2, 0.25) is 0 Å². The molecule has 0 saturated carbocycles. The molecule has 0 fully saturated rings. The van der Waals surface area contributed by atoms with Gasteiger partial charge in [0.05, 0.1) is 18.7 Å². The summed E-state index contributed by atoms with van der Waals surface area (Å²) in [7, 11) is 0. The maximum Gasteiger partial charge on any atom is 0.309 e. The molecular weight excluding hydrogens is 352 g/mol. The fourth-order valence-electron chi connectivity index (χ4n) is 2.26. The molecular formula is C19H24N2O4S. The summed E-state index contributed by atoms with van der Waals surface area (Å²) in [5.74, 6) is -0.314. The first-order valence-electron chi connectivity index (χ1n) is 8.43. The number of amides is 1. The number of carbonyl (C=O) groups excluding carboxylic acids is 1. The Morgan fingerprint density at radius 1 is 1.23 bits per heavy atom. The van der Waals surface area contributed by atoms with E-state index in [0.717, 1.165) is 5.75 Å². The van der Waals surface area contributed by atoms with E-state index in [9.17, 15) is 9.59 Å². The minimum Gasteiger partial charge on any atom is -0.494 e. The molecule has 26 heavy (non-hydrogen) atoms. The molecule has 0 aliphatic carbocycles. The molecule has 0 saturated heterocycles. The molecule has 1 amide bonds. The highest BCUT2D eigenvalue weighted by Crippen LogP contribution is 2.24. The highest BCUT2D eigenvalue weighted by Gasteiger charge is 2.13. The SMILES string of the molecule is CC(C)(C)c1ccc(OCCCC(=O)Nc2nc(CC(=O)O)cs2)cc1. The molecule has 1 aromatic carbocycles. The molecule has 1 aromatic heterocycles. The van der Waals surface area contributed by atoms with Crippen LogP contribution in [0, 0.1) is 0 Å². The summed E-state index contributed by atoms with van der Waals surface area (Å²) in [5.41, 5.74) is 1.80. The normalized spacial score (nSPS) is 11.2. The maximum absolute atomic E-state index is 11.9. The number of aromatic nitrogens is 1.